The lowest BCUT2D eigenvalue weighted by atomic mass is 9.86. The van der Waals surface area contributed by atoms with E-state index >= 15 is 0 Å². The number of aryl methyl sites for hydroxylation is 1. The van der Waals surface area contributed by atoms with Crippen molar-refractivity contribution in [3.63, 3.8) is 0 Å². The van der Waals surface area contributed by atoms with Crippen LogP contribution in [0.2, 0.25) is 0 Å². The summed E-state index contributed by atoms with van der Waals surface area (Å²) in [5, 5.41) is 17.9. The highest BCUT2D eigenvalue weighted by molar-refractivity contribution is 5.94. The first-order chi connectivity index (χ1) is 16.9. The van der Waals surface area contributed by atoms with Gasteiger partial charge in [0.1, 0.15) is 0 Å². The van der Waals surface area contributed by atoms with Gasteiger partial charge < -0.3 is 10.4 Å². The van der Waals surface area contributed by atoms with E-state index in [0.717, 1.165) is 65.4 Å². The summed E-state index contributed by atoms with van der Waals surface area (Å²) in [5.74, 6) is -3.64. The summed E-state index contributed by atoms with van der Waals surface area (Å²) in [6, 6.07) is 10.4. The van der Waals surface area contributed by atoms with Crippen molar-refractivity contribution in [2.24, 2.45) is 5.92 Å². The number of nitrogens with one attached hydrogen (secondary N) is 1. The molecule has 2 aromatic heterocycles. The molecule has 1 saturated carbocycles. The lowest BCUT2D eigenvalue weighted by Crippen LogP contribution is -2.31. The molecule has 6 nitrogen and oxygen atoms in total. The Morgan fingerprint density at radius 2 is 1.80 bits per heavy atom. The highest BCUT2D eigenvalue weighted by Crippen LogP contribution is 2.33. The number of hydrogen-bond donors (Lipinski definition) is 2. The third kappa shape index (κ3) is 4.87. The summed E-state index contributed by atoms with van der Waals surface area (Å²) in [4.78, 5) is 16.6. The van der Waals surface area contributed by atoms with Gasteiger partial charge >= 0.3 is 0 Å². The molecule has 0 unspecified atom stereocenters. The van der Waals surface area contributed by atoms with E-state index in [9.17, 15) is 18.7 Å². The van der Waals surface area contributed by atoms with Crippen LogP contribution in [0.25, 0.3) is 22.0 Å². The van der Waals surface area contributed by atoms with Crippen LogP contribution in [0.1, 0.15) is 47.6 Å². The summed E-state index contributed by atoms with van der Waals surface area (Å²) in [6.45, 7) is 2.46. The van der Waals surface area contributed by atoms with Crippen molar-refractivity contribution in [3.05, 3.63) is 77.8 Å². The first-order valence-electron chi connectivity index (χ1n) is 11.7. The number of aromatic nitrogens is 3. The smallest absolute Gasteiger partial charge is 0.251 e. The number of phenolic OH excluding ortho intramolecular Hbond substituents is 1. The molecule has 0 radical (unpaired) electrons. The number of pyridine rings is 1. The second kappa shape index (κ2) is 9.44. The molecule has 4 aromatic rings. The monoisotopic (exact) mass is 476 g/mol. The average Bonchev–Trinajstić information content (AvgIpc) is 3.29. The van der Waals surface area contributed by atoms with E-state index in [1.807, 2.05) is 19.3 Å². The molecule has 0 spiro atoms. The second-order valence-corrected chi connectivity index (χ2v) is 9.31. The Morgan fingerprint density at radius 3 is 2.51 bits per heavy atom. The SMILES string of the molecule is Cc1cncc(-c2ccc3cn([C@H]4CC[C@H](CNC(=O)c5cc(F)c(O)c(F)c5)CC4)nc3c2)c1. The van der Waals surface area contributed by atoms with E-state index in [0.29, 0.717) is 12.6 Å². The van der Waals surface area contributed by atoms with Gasteiger partial charge in [0.15, 0.2) is 17.4 Å². The topological polar surface area (TPSA) is 80.0 Å². The van der Waals surface area contributed by atoms with Gasteiger partial charge in [-0.3, -0.25) is 14.5 Å². The minimum absolute atomic E-state index is 0.143. The molecule has 8 heteroatoms. The molecule has 2 aromatic carbocycles. The van der Waals surface area contributed by atoms with E-state index < -0.39 is 23.3 Å². The molecule has 1 aliphatic rings. The van der Waals surface area contributed by atoms with Crippen LogP contribution in [0.5, 0.6) is 5.75 Å². The fraction of sp³-hybridized carbons (Fsp3) is 0.296. The number of halogens is 2. The molecule has 0 aliphatic heterocycles. The third-order valence-electron chi connectivity index (χ3n) is 6.75. The van der Waals surface area contributed by atoms with Crippen molar-refractivity contribution in [2.45, 2.75) is 38.6 Å². The van der Waals surface area contributed by atoms with Crippen molar-refractivity contribution >= 4 is 16.8 Å². The van der Waals surface area contributed by atoms with Crippen LogP contribution < -0.4 is 5.32 Å². The molecule has 1 fully saturated rings. The maximum absolute atomic E-state index is 13.5. The van der Waals surface area contributed by atoms with Crippen LogP contribution in [0.15, 0.2) is 55.0 Å². The summed E-state index contributed by atoms with van der Waals surface area (Å²) in [5.41, 5.74) is 4.08. The van der Waals surface area contributed by atoms with Gasteiger partial charge in [0.25, 0.3) is 5.91 Å². The van der Waals surface area contributed by atoms with Gasteiger partial charge in [0, 0.05) is 41.6 Å². The van der Waals surface area contributed by atoms with Crippen LogP contribution in [0, 0.1) is 24.5 Å². The Kier molecular flexibility index (Phi) is 6.19. The Hall–Kier alpha value is -3.81. The van der Waals surface area contributed by atoms with Gasteiger partial charge in [0.05, 0.1) is 11.6 Å². The Bertz CT molecular complexity index is 1370. The van der Waals surface area contributed by atoms with Gasteiger partial charge in [-0.05, 0) is 73.9 Å². The summed E-state index contributed by atoms with van der Waals surface area (Å²) in [6.07, 6.45) is 9.50. The summed E-state index contributed by atoms with van der Waals surface area (Å²) in [7, 11) is 0. The standard InChI is InChI=1S/C27H26F2N4O2/c1-16-8-21(14-30-12-16)18-4-5-19-15-33(32-25(19)11-18)22-6-2-17(3-7-22)13-31-27(35)20-9-23(28)26(34)24(29)10-20/h4-5,8-12,14-15,17,22,34H,2-3,6-7,13H2,1H3,(H,31,35)/t17-,22-. The van der Waals surface area contributed by atoms with Crippen molar-refractivity contribution in [1.82, 2.24) is 20.1 Å². The molecule has 2 heterocycles. The lowest BCUT2D eigenvalue weighted by Gasteiger charge is -2.28. The largest absolute Gasteiger partial charge is 0.503 e. The number of phenols is 1. The molecule has 35 heavy (non-hydrogen) atoms. The van der Waals surface area contributed by atoms with Crippen molar-refractivity contribution in [3.8, 4) is 16.9 Å². The second-order valence-electron chi connectivity index (χ2n) is 9.31. The van der Waals surface area contributed by atoms with E-state index in [2.05, 4.69) is 45.4 Å². The number of carbonyl (C=O) groups is 1. The van der Waals surface area contributed by atoms with Crippen molar-refractivity contribution in [2.75, 3.05) is 6.54 Å². The highest BCUT2D eigenvalue weighted by atomic mass is 19.1. The van der Waals surface area contributed by atoms with Gasteiger partial charge in [-0.1, -0.05) is 12.1 Å². The maximum atomic E-state index is 13.5. The molecule has 0 saturated heterocycles. The first kappa shape index (κ1) is 23.0. The lowest BCUT2D eigenvalue weighted by molar-refractivity contribution is 0.0940. The predicted molar refractivity (Wildman–Crippen MR) is 129 cm³/mol. The highest BCUT2D eigenvalue weighted by Gasteiger charge is 2.24. The van der Waals surface area contributed by atoms with E-state index in [4.69, 9.17) is 5.10 Å². The number of carbonyl (C=O) groups excluding carboxylic acids is 1. The zero-order valence-electron chi connectivity index (χ0n) is 19.3. The number of rotatable bonds is 5. The molecule has 0 bridgehead atoms. The number of aromatic hydroxyl groups is 1. The molecule has 5 rings (SSSR count). The van der Waals surface area contributed by atoms with E-state index in [1.165, 1.54) is 0 Å². The Balaban J connectivity index is 1.19. The quantitative estimate of drug-likeness (QED) is 0.396. The van der Waals surface area contributed by atoms with Crippen LogP contribution in [-0.4, -0.2) is 32.3 Å². The number of nitrogens with zero attached hydrogens (tertiary/aromatic N) is 3. The van der Waals surface area contributed by atoms with Gasteiger partial charge in [-0.2, -0.15) is 5.10 Å². The van der Waals surface area contributed by atoms with Crippen molar-refractivity contribution < 1.29 is 18.7 Å². The molecule has 2 N–H and O–H groups in total. The number of benzene rings is 2. The Morgan fingerprint density at radius 1 is 1.06 bits per heavy atom. The summed E-state index contributed by atoms with van der Waals surface area (Å²) < 4.78 is 29.1. The minimum atomic E-state index is -1.15. The van der Waals surface area contributed by atoms with Gasteiger partial charge in [-0.25, -0.2) is 8.78 Å². The molecule has 1 amide bonds. The van der Waals surface area contributed by atoms with Gasteiger partial charge in [-0.15, -0.1) is 0 Å². The van der Waals surface area contributed by atoms with E-state index in [-0.39, 0.29) is 11.5 Å². The number of amides is 1. The first-order valence-corrected chi connectivity index (χ1v) is 11.7. The van der Waals surface area contributed by atoms with Crippen LogP contribution in [0.4, 0.5) is 8.78 Å². The predicted octanol–water partition coefficient (Wildman–Crippen LogP) is 5.55. The van der Waals surface area contributed by atoms with Crippen LogP contribution >= 0.6 is 0 Å². The maximum Gasteiger partial charge on any atom is 0.251 e. The number of fused-ring (bicyclic) bond motifs is 1. The zero-order chi connectivity index (χ0) is 24.5. The van der Waals surface area contributed by atoms with Crippen LogP contribution in [0.3, 0.4) is 0 Å². The third-order valence-corrected chi connectivity index (χ3v) is 6.75. The number of hydrogen-bond acceptors (Lipinski definition) is 4. The van der Waals surface area contributed by atoms with Gasteiger partial charge in [0.2, 0.25) is 0 Å². The Labute approximate surface area is 201 Å². The minimum Gasteiger partial charge on any atom is -0.503 e. The molecule has 1 aliphatic carbocycles. The van der Waals surface area contributed by atoms with Crippen LogP contribution in [-0.2, 0) is 0 Å². The molecule has 180 valence electrons. The van der Waals surface area contributed by atoms with E-state index in [1.54, 1.807) is 0 Å². The normalized spacial score (nSPS) is 18.0. The fourth-order valence-electron chi connectivity index (χ4n) is 4.76. The zero-order valence-corrected chi connectivity index (χ0v) is 19.3. The molecular formula is C27H26F2N4O2. The fourth-order valence-corrected chi connectivity index (χ4v) is 4.76. The average molecular weight is 477 g/mol. The summed E-state index contributed by atoms with van der Waals surface area (Å²) >= 11 is 0. The van der Waals surface area contributed by atoms with Crippen molar-refractivity contribution in [1.29, 1.82) is 0 Å². The molecule has 0 atom stereocenters. The molecular weight excluding hydrogens is 450 g/mol.